The number of hydrogen-bond acceptors (Lipinski definition) is 3. The largest absolute Gasteiger partial charge is 0.324 e. The van der Waals surface area contributed by atoms with E-state index in [9.17, 15) is 9.59 Å². The summed E-state index contributed by atoms with van der Waals surface area (Å²) in [6, 6.07) is 13.3. The van der Waals surface area contributed by atoms with Gasteiger partial charge < -0.3 is 10.2 Å². The highest BCUT2D eigenvalue weighted by molar-refractivity contribution is 8.01. The van der Waals surface area contributed by atoms with E-state index in [4.69, 9.17) is 11.6 Å². The van der Waals surface area contributed by atoms with Gasteiger partial charge in [-0.3, -0.25) is 9.59 Å². The Balaban J connectivity index is 1.51. The lowest BCUT2D eigenvalue weighted by Crippen LogP contribution is -2.36. The molecule has 1 N–H and O–H groups in total. The molecule has 122 valence electrons. The van der Waals surface area contributed by atoms with Crippen LogP contribution in [0, 0.1) is 0 Å². The Morgan fingerprint density at radius 1 is 1.29 bits per heavy atom. The Labute approximate surface area is 149 Å². The predicted molar refractivity (Wildman–Crippen MR) is 96.8 cm³/mol. The third-order valence-corrected chi connectivity index (χ3v) is 5.82. The highest BCUT2D eigenvalue weighted by atomic mass is 35.5. The van der Waals surface area contributed by atoms with Crippen LogP contribution in [0.25, 0.3) is 0 Å². The van der Waals surface area contributed by atoms with E-state index in [0.717, 1.165) is 17.0 Å². The summed E-state index contributed by atoms with van der Waals surface area (Å²) < 4.78 is 0. The summed E-state index contributed by atoms with van der Waals surface area (Å²) in [4.78, 5) is 27.8. The van der Waals surface area contributed by atoms with Gasteiger partial charge in [0, 0.05) is 28.6 Å². The van der Waals surface area contributed by atoms with Gasteiger partial charge in [-0.25, -0.2) is 0 Å². The number of carbonyl (C=O) groups is 2. The average Bonchev–Trinajstić information content (AvgIpc) is 3.00. The van der Waals surface area contributed by atoms with Crippen LogP contribution in [0.2, 0.25) is 5.02 Å². The molecular weight excluding hydrogens is 344 g/mol. The number of anilines is 2. The Morgan fingerprint density at radius 3 is 3.00 bits per heavy atom. The number of benzene rings is 2. The first kappa shape index (κ1) is 15.5. The average molecular weight is 359 g/mol. The molecule has 0 radical (unpaired) electrons. The first-order chi connectivity index (χ1) is 11.6. The summed E-state index contributed by atoms with van der Waals surface area (Å²) >= 11 is 7.38. The van der Waals surface area contributed by atoms with E-state index in [2.05, 4.69) is 5.32 Å². The molecule has 2 aliphatic rings. The number of fused-ring (bicyclic) bond motifs is 2. The van der Waals surface area contributed by atoms with Crippen molar-refractivity contribution in [1.29, 1.82) is 0 Å². The van der Waals surface area contributed by atoms with Crippen LogP contribution < -0.4 is 10.2 Å². The van der Waals surface area contributed by atoms with Crippen LogP contribution in [0.4, 0.5) is 11.4 Å². The lowest BCUT2D eigenvalue weighted by molar-refractivity contribution is -0.122. The summed E-state index contributed by atoms with van der Waals surface area (Å²) in [5, 5.41) is 3.01. The maximum Gasteiger partial charge on any atom is 0.238 e. The van der Waals surface area contributed by atoms with E-state index in [0.29, 0.717) is 17.3 Å². The van der Waals surface area contributed by atoms with E-state index in [1.165, 1.54) is 17.3 Å². The predicted octanol–water partition coefficient (Wildman–Crippen LogP) is 3.73. The van der Waals surface area contributed by atoms with Crippen LogP contribution in [0.3, 0.4) is 0 Å². The summed E-state index contributed by atoms with van der Waals surface area (Å²) in [6.07, 6.45) is 1.06. The SMILES string of the molecule is O=C1Nc2cc(Cl)ccc2SC1CC(=O)N1CCc2ccccc21. The van der Waals surface area contributed by atoms with Gasteiger partial charge in [-0.2, -0.15) is 0 Å². The number of rotatable bonds is 2. The molecule has 2 aliphatic heterocycles. The Kier molecular flexibility index (Phi) is 3.98. The lowest BCUT2D eigenvalue weighted by atomic mass is 10.2. The van der Waals surface area contributed by atoms with E-state index >= 15 is 0 Å². The Hall–Kier alpha value is -1.98. The fraction of sp³-hybridized carbons (Fsp3) is 0.222. The van der Waals surface area contributed by atoms with Crippen LogP contribution in [-0.2, 0) is 16.0 Å². The lowest BCUT2D eigenvalue weighted by Gasteiger charge is -2.25. The van der Waals surface area contributed by atoms with Crippen LogP contribution in [0.5, 0.6) is 0 Å². The number of nitrogens with zero attached hydrogens (tertiary/aromatic N) is 1. The van der Waals surface area contributed by atoms with Gasteiger partial charge in [0.25, 0.3) is 0 Å². The van der Waals surface area contributed by atoms with Crippen molar-refractivity contribution in [2.45, 2.75) is 23.0 Å². The molecule has 2 aromatic carbocycles. The molecule has 0 spiro atoms. The Bertz CT molecular complexity index is 840. The fourth-order valence-electron chi connectivity index (χ4n) is 3.12. The number of thioether (sulfide) groups is 1. The van der Waals surface area contributed by atoms with Crippen molar-refractivity contribution < 1.29 is 9.59 Å². The number of carbonyl (C=O) groups excluding carboxylic acids is 2. The maximum absolute atomic E-state index is 12.7. The van der Waals surface area contributed by atoms with Crippen molar-refractivity contribution in [3.63, 3.8) is 0 Å². The highest BCUT2D eigenvalue weighted by Crippen LogP contribution is 2.39. The van der Waals surface area contributed by atoms with Gasteiger partial charge in [0.05, 0.1) is 10.9 Å². The van der Waals surface area contributed by atoms with E-state index in [1.54, 1.807) is 17.0 Å². The fourth-order valence-corrected chi connectivity index (χ4v) is 4.38. The van der Waals surface area contributed by atoms with Gasteiger partial charge in [0.1, 0.15) is 0 Å². The van der Waals surface area contributed by atoms with Crippen LogP contribution in [-0.4, -0.2) is 23.6 Å². The monoisotopic (exact) mass is 358 g/mol. The molecule has 0 saturated heterocycles. The molecule has 4 nitrogen and oxygen atoms in total. The molecule has 2 aromatic rings. The summed E-state index contributed by atoms with van der Waals surface area (Å²) in [5.74, 6) is -0.152. The molecule has 0 fully saturated rings. The highest BCUT2D eigenvalue weighted by Gasteiger charge is 2.32. The molecule has 1 atom stereocenters. The second kappa shape index (κ2) is 6.15. The minimum atomic E-state index is -0.418. The van der Waals surface area contributed by atoms with Crippen molar-refractivity contribution in [3.8, 4) is 0 Å². The van der Waals surface area contributed by atoms with Crippen molar-refractivity contribution in [2.24, 2.45) is 0 Å². The minimum absolute atomic E-state index is 0.00925. The standard InChI is InChI=1S/C18H15ClN2O2S/c19-12-5-6-15-13(9-12)20-18(23)16(24-15)10-17(22)21-8-7-11-3-1-2-4-14(11)21/h1-6,9,16H,7-8,10H2,(H,20,23). The normalized spacial score (nSPS) is 18.8. The number of hydrogen-bond donors (Lipinski definition) is 1. The first-order valence-electron chi connectivity index (χ1n) is 7.77. The topological polar surface area (TPSA) is 49.4 Å². The van der Waals surface area contributed by atoms with Crippen molar-refractivity contribution in [1.82, 2.24) is 0 Å². The van der Waals surface area contributed by atoms with Gasteiger partial charge >= 0.3 is 0 Å². The van der Waals surface area contributed by atoms with Crippen LogP contribution >= 0.6 is 23.4 Å². The number of halogens is 1. The second-order valence-corrected chi connectivity index (χ2v) is 7.55. The molecule has 24 heavy (non-hydrogen) atoms. The van der Waals surface area contributed by atoms with Crippen molar-refractivity contribution in [3.05, 3.63) is 53.1 Å². The number of nitrogens with one attached hydrogen (secondary N) is 1. The van der Waals surface area contributed by atoms with Gasteiger partial charge in [-0.05, 0) is 36.2 Å². The number of para-hydroxylation sites is 1. The zero-order valence-electron chi connectivity index (χ0n) is 12.8. The summed E-state index contributed by atoms with van der Waals surface area (Å²) in [7, 11) is 0. The van der Waals surface area contributed by atoms with Crippen LogP contribution in [0.15, 0.2) is 47.4 Å². The molecule has 4 rings (SSSR count). The molecular formula is C18H15ClN2O2S. The minimum Gasteiger partial charge on any atom is -0.324 e. The van der Waals surface area contributed by atoms with Gasteiger partial charge in [0.2, 0.25) is 11.8 Å². The van der Waals surface area contributed by atoms with E-state index in [-0.39, 0.29) is 18.2 Å². The molecule has 0 saturated carbocycles. The van der Waals surface area contributed by atoms with E-state index < -0.39 is 5.25 Å². The molecule has 0 aliphatic carbocycles. The van der Waals surface area contributed by atoms with Crippen molar-refractivity contribution >= 4 is 46.6 Å². The van der Waals surface area contributed by atoms with Gasteiger partial charge in [-0.1, -0.05) is 29.8 Å². The van der Waals surface area contributed by atoms with E-state index in [1.807, 2.05) is 30.3 Å². The zero-order valence-corrected chi connectivity index (χ0v) is 14.4. The molecule has 0 bridgehead atoms. The molecule has 2 amide bonds. The van der Waals surface area contributed by atoms with Gasteiger partial charge in [-0.15, -0.1) is 11.8 Å². The van der Waals surface area contributed by atoms with Crippen LogP contribution in [0.1, 0.15) is 12.0 Å². The quantitative estimate of drug-likeness (QED) is 0.889. The molecule has 1 unspecified atom stereocenters. The smallest absolute Gasteiger partial charge is 0.238 e. The molecule has 6 heteroatoms. The maximum atomic E-state index is 12.7. The summed E-state index contributed by atoms with van der Waals surface area (Å²) in [6.45, 7) is 0.684. The van der Waals surface area contributed by atoms with Gasteiger partial charge in [0.15, 0.2) is 0 Å². The second-order valence-electron chi connectivity index (χ2n) is 5.86. The first-order valence-corrected chi connectivity index (χ1v) is 9.03. The van der Waals surface area contributed by atoms with Crippen molar-refractivity contribution in [2.75, 3.05) is 16.8 Å². The molecule has 2 heterocycles. The molecule has 0 aromatic heterocycles. The zero-order chi connectivity index (χ0) is 16.7. The number of amides is 2. The third kappa shape index (κ3) is 2.78. The summed E-state index contributed by atoms with van der Waals surface area (Å²) in [5.41, 5.74) is 2.87. The Morgan fingerprint density at radius 2 is 2.12 bits per heavy atom. The third-order valence-electron chi connectivity index (χ3n) is 4.31.